The maximum absolute atomic E-state index is 2.52. The summed E-state index contributed by atoms with van der Waals surface area (Å²) in [5.41, 5.74) is 18.1. The van der Waals surface area contributed by atoms with Gasteiger partial charge in [-0.15, -0.1) is 0 Å². The van der Waals surface area contributed by atoms with Crippen LogP contribution in [0.4, 0.5) is 0 Å². The van der Waals surface area contributed by atoms with Crippen LogP contribution < -0.4 is 0 Å². The molecule has 0 atom stereocenters. The summed E-state index contributed by atoms with van der Waals surface area (Å²) in [6.45, 7) is 6.58. The second kappa shape index (κ2) is 12.8. The molecule has 0 spiro atoms. The van der Waals surface area contributed by atoms with Crippen LogP contribution in [0.25, 0.3) is 93.5 Å². The minimum absolute atomic E-state index is 1.20. The Bertz CT molecular complexity index is 3050. The van der Waals surface area contributed by atoms with Crippen molar-refractivity contribution >= 4 is 43.4 Å². The van der Waals surface area contributed by atoms with E-state index < -0.39 is 0 Å². The Kier molecular flexibility index (Phi) is 7.56. The van der Waals surface area contributed by atoms with Crippen molar-refractivity contribution in [3.63, 3.8) is 0 Å². The Morgan fingerprint density at radius 1 is 0.370 bits per heavy atom. The van der Waals surface area contributed by atoms with Gasteiger partial charge in [0.25, 0.3) is 0 Å². The molecule has 10 aromatic rings. The van der Waals surface area contributed by atoms with Gasteiger partial charge in [0.1, 0.15) is 0 Å². The molecule has 54 heavy (non-hydrogen) atoms. The van der Waals surface area contributed by atoms with Crippen molar-refractivity contribution in [2.24, 2.45) is 0 Å². The molecule has 0 bridgehead atoms. The quantitative estimate of drug-likeness (QED) is 0.174. The Morgan fingerprint density at radius 3 is 1.83 bits per heavy atom. The maximum Gasteiger partial charge on any atom is 0.0622 e. The molecule has 0 aliphatic heterocycles. The summed E-state index contributed by atoms with van der Waals surface area (Å²) in [6.07, 6.45) is 0. The van der Waals surface area contributed by atoms with Crippen LogP contribution in [0.3, 0.4) is 0 Å². The third kappa shape index (κ3) is 5.08. The molecule has 0 fully saturated rings. The summed E-state index contributed by atoms with van der Waals surface area (Å²) < 4.78 is 2.52. The highest BCUT2D eigenvalue weighted by Gasteiger charge is 2.24. The van der Waals surface area contributed by atoms with Gasteiger partial charge >= 0.3 is 0 Å². The van der Waals surface area contributed by atoms with Gasteiger partial charge < -0.3 is 4.57 Å². The van der Waals surface area contributed by atoms with Gasteiger partial charge in [0.05, 0.1) is 11.0 Å². The SMILES string of the molecule is Cc1ccc(-c2ccccc2)cc1.Cc1ccccc1-c1c(C)ccc2c3c4ccccc4ccc3n(-c3ccc4c(c3)-c3cccc5cccc-4c35)c12. The van der Waals surface area contributed by atoms with Crippen LogP contribution in [-0.2, 0) is 0 Å². The fourth-order valence-electron chi connectivity index (χ4n) is 8.73. The van der Waals surface area contributed by atoms with E-state index >= 15 is 0 Å². The molecule has 0 N–H and O–H groups in total. The second-order valence-corrected chi connectivity index (χ2v) is 14.7. The van der Waals surface area contributed by atoms with Crippen molar-refractivity contribution < 1.29 is 0 Å². The van der Waals surface area contributed by atoms with E-state index in [2.05, 4.69) is 201 Å². The van der Waals surface area contributed by atoms with Gasteiger partial charge in [-0.05, 0) is 111 Å². The van der Waals surface area contributed by atoms with Gasteiger partial charge in [-0.25, -0.2) is 0 Å². The summed E-state index contributed by atoms with van der Waals surface area (Å²) in [7, 11) is 0. The molecule has 0 radical (unpaired) electrons. The molecule has 1 aliphatic carbocycles. The molecule has 9 aromatic carbocycles. The molecule has 0 unspecified atom stereocenters. The zero-order chi connectivity index (χ0) is 36.3. The zero-order valence-electron chi connectivity index (χ0n) is 30.8. The molecule has 1 nitrogen and oxygen atoms in total. The predicted molar refractivity (Wildman–Crippen MR) is 232 cm³/mol. The number of hydrogen-bond donors (Lipinski definition) is 0. The molecule has 1 aliphatic rings. The standard InChI is InChI=1S/C40H27N.C13H12/c1-24-9-3-5-13-29(24)37-25(2)17-20-34-39-30-14-6-4-10-26(30)18-22-36(39)41(40(34)37)28-19-21-31-32-15-7-11-27-12-8-16-33(38(27)32)35(31)23-28;1-11-7-9-13(10-8-11)12-5-3-2-4-6-12/h3-23H,1-2H3;2-10H,1H3. The van der Waals surface area contributed by atoms with Crippen molar-refractivity contribution in [1.82, 2.24) is 4.57 Å². The van der Waals surface area contributed by atoms with Gasteiger partial charge in [-0.2, -0.15) is 0 Å². The summed E-state index contributed by atoms with van der Waals surface area (Å²) in [4.78, 5) is 0. The lowest BCUT2D eigenvalue weighted by Gasteiger charge is -2.16. The van der Waals surface area contributed by atoms with Gasteiger partial charge in [-0.1, -0.05) is 169 Å². The molecule has 11 rings (SSSR count). The van der Waals surface area contributed by atoms with Gasteiger partial charge in [0.15, 0.2) is 0 Å². The Balaban J connectivity index is 0.000000235. The fourth-order valence-corrected chi connectivity index (χ4v) is 8.73. The molecule has 0 saturated heterocycles. The molecule has 1 aromatic heterocycles. The summed E-state index contributed by atoms with van der Waals surface area (Å²) in [5, 5.41) is 7.86. The number of rotatable bonds is 3. The van der Waals surface area contributed by atoms with Gasteiger partial charge in [-0.3, -0.25) is 0 Å². The van der Waals surface area contributed by atoms with Crippen LogP contribution in [0.15, 0.2) is 182 Å². The summed E-state index contributed by atoms with van der Waals surface area (Å²) >= 11 is 0. The Hall–Kier alpha value is -6.70. The molecule has 1 heterocycles. The molecular weight excluding hydrogens is 651 g/mol. The second-order valence-electron chi connectivity index (χ2n) is 14.7. The smallest absolute Gasteiger partial charge is 0.0622 e. The minimum Gasteiger partial charge on any atom is -0.309 e. The molecule has 0 amide bonds. The zero-order valence-corrected chi connectivity index (χ0v) is 30.8. The normalized spacial score (nSPS) is 11.6. The van der Waals surface area contributed by atoms with E-state index in [1.54, 1.807) is 0 Å². The molecule has 256 valence electrons. The van der Waals surface area contributed by atoms with Crippen molar-refractivity contribution in [3.05, 3.63) is 199 Å². The van der Waals surface area contributed by atoms with Crippen molar-refractivity contribution in [2.45, 2.75) is 20.8 Å². The maximum atomic E-state index is 2.52. The van der Waals surface area contributed by atoms with E-state index in [0.29, 0.717) is 0 Å². The van der Waals surface area contributed by atoms with Crippen LogP contribution in [0.5, 0.6) is 0 Å². The summed E-state index contributed by atoms with van der Waals surface area (Å²) in [6, 6.07) is 66.3. The van der Waals surface area contributed by atoms with Crippen molar-refractivity contribution in [1.29, 1.82) is 0 Å². The number of fused-ring (bicyclic) bond motifs is 8. The Morgan fingerprint density at radius 2 is 1.04 bits per heavy atom. The molecular formula is C53H39N. The lowest BCUT2D eigenvalue weighted by Crippen LogP contribution is -1.98. The van der Waals surface area contributed by atoms with Crippen molar-refractivity contribution in [3.8, 4) is 50.2 Å². The highest BCUT2D eigenvalue weighted by atomic mass is 15.0. The van der Waals surface area contributed by atoms with Crippen LogP contribution in [0.2, 0.25) is 0 Å². The predicted octanol–water partition coefficient (Wildman–Crippen LogP) is 14.7. The number of hydrogen-bond acceptors (Lipinski definition) is 0. The highest BCUT2D eigenvalue weighted by Crippen LogP contribution is 2.49. The van der Waals surface area contributed by atoms with Gasteiger partial charge in [0.2, 0.25) is 0 Å². The lowest BCUT2D eigenvalue weighted by atomic mass is 9.93. The van der Waals surface area contributed by atoms with Crippen LogP contribution in [0, 0.1) is 20.8 Å². The molecule has 0 saturated carbocycles. The third-order valence-electron chi connectivity index (χ3n) is 11.3. The minimum atomic E-state index is 1.20. The molecule has 1 heteroatoms. The van der Waals surface area contributed by atoms with E-state index in [-0.39, 0.29) is 0 Å². The number of nitrogens with zero attached hydrogens (tertiary/aromatic N) is 1. The van der Waals surface area contributed by atoms with Crippen LogP contribution in [-0.4, -0.2) is 4.57 Å². The number of aromatic nitrogens is 1. The Labute approximate surface area is 316 Å². The van der Waals surface area contributed by atoms with Gasteiger partial charge in [0, 0.05) is 22.0 Å². The first kappa shape index (κ1) is 32.0. The van der Waals surface area contributed by atoms with Crippen LogP contribution in [0.1, 0.15) is 16.7 Å². The van der Waals surface area contributed by atoms with Crippen LogP contribution >= 0.6 is 0 Å². The summed E-state index contributed by atoms with van der Waals surface area (Å²) in [5.74, 6) is 0. The fraction of sp³-hybridized carbons (Fsp3) is 0.0566. The number of aryl methyl sites for hydroxylation is 3. The first-order valence-electron chi connectivity index (χ1n) is 18.9. The highest BCUT2D eigenvalue weighted by molar-refractivity contribution is 6.24. The van der Waals surface area contributed by atoms with E-state index in [4.69, 9.17) is 0 Å². The monoisotopic (exact) mass is 689 g/mol. The third-order valence-corrected chi connectivity index (χ3v) is 11.3. The van der Waals surface area contributed by atoms with Crippen molar-refractivity contribution in [2.75, 3.05) is 0 Å². The van der Waals surface area contributed by atoms with E-state index in [1.807, 2.05) is 6.07 Å². The lowest BCUT2D eigenvalue weighted by molar-refractivity contribution is 1.18. The first-order valence-corrected chi connectivity index (χ1v) is 18.9. The first-order chi connectivity index (χ1) is 26.5. The topological polar surface area (TPSA) is 4.93 Å². The average Bonchev–Trinajstić information content (AvgIpc) is 3.73. The van der Waals surface area contributed by atoms with E-state index in [1.165, 1.54) is 110 Å². The van der Waals surface area contributed by atoms with E-state index in [9.17, 15) is 0 Å². The average molecular weight is 690 g/mol. The largest absolute Gasteiger partial charge is 0.309 e. The number of benzene rings is 9. The van der Waals surface area contributed by atoms with E-state index in [0.717, 1.165) is 0 Å².